The van der Waals surface area contributed by atoms with Crippen molar-refractivity contribution in [2.24, 2.45) is 0 Å². The number of nitrogens with zero attached hydrogens (tertiary/aromatic N) is 4. The second kappa shape index (κ2) is 7.57. The minimum atomic E-state index is -0.594. The highest BCUT2D eigenvalue weighted by molar-refractivity contribution is 5.94. The molecule has 1 aliphatic rings. The summed E-state index contributed by atoms with van der Waals surface area (Å²) < 4.78 is 4.69. The molecule has 0 amide bonds. The lowest BCUT2D eigenvalue weighted by Crippen LogP contribution is -2.44. The number of aryl methyl sites for hydroxylation is 1. The molecule has 2 aromatic rings. The molecule has 8 heteroatoms. The normalized spacial score (nSPS) is 15.0. The molecule has 0 atom stereocenters. The van der Waals surface area contributed by atoms with Crippen LogP contribution in [-0.2, 0) is 4.74 Å². The Labute approximate surface area is 152 Å². The van der Waals surface area contributed by atoms with Gasteiger partial charge in [-0.15, -0.1) is 0 Å². The number of aromatic hydroxyl groups is 1. The third-order valence-corrected chi connectivity index (χ3v) is 4.36. The maximum atomic E-state index is 11.7. The van der Waals surface area contributed by atoms with Crippen molar-refractivity contribution in [2.75, 3.05) is 50.6 Å². The monoisotopic (exact) mass is 357 g/mol. The van der Waals surface area contributed by atoms with Crippen LogP contribution in [0.1, 0.15) is 16.2 Å². The summed E-state index contributed by atoms with van der Waals surface area (Å²) in [4.78, 5) is 25.1. The fraction of sp³-hybridized carbons (Fsp3) is 0.389. The third kappa shape index (κ3) is 3.85. The predicted octanol–water partition coefficient (Wildman–Crippen LogP) is 1.77. The molecule has 0 unspecified atom stereocenters. The Morgan fingerprint density at radius 1 is 1.23 bits per heavy atom. The number of benzene rings is 1. The first kappa shape index (κ1) is 17.9. The fourth-order valence-corrected chi connectivity index (χ4v) is 2.87. The first-order valence-electron chi connectivity index (χ1n) is 8.44. The number of likely N-dealkylation sites (N-methyl/N-ethyl adjacent to an activating group) is 1. The number of hydrogen-bond donors (Lipinski definition) is 2. The zero-order chi connectivity index (χ0) is 18.7. The van der Waals surface area contributed by atoms with Crippen molar-refractivity contribution in [3.63, 3.8) is 0 Å². The molecular formula is C18H23N5O3. The molecule has 1 saturated heterocycles. The number of ether oxygens (including phenoxy) is 1. The van der Waals surface area contributed by atoms with E-state index in [1.165, 1.54) is 13.2 Å². The molecule has 26 heavy (non-hydrogen) atoms. The topological polar surface area (TPSA) is 90.8 Å². The largest absolute Gasteiger partial charge is 0.505 e. The number of carbonyl (C=O) groups is 1. The van der Waals surface area contributed by atoms with E-state index in [4.69, 9.17) is 0 Å². The molecule has 0 saturated carbocycles. The molecule has 1 aromatic carbocycles. The molecule has 0 aliphatic carbocycles. The Bertz CT molecular complexity index is 803. The van der Waals surface area contributed by atoms with Gasteiger partial charge in [-0.3, -0.25) is 0 Å². The fourth-order valence-electron chi connectivity index (χ4n) is 2.87. The van der Waals surface area contributed by atoms with Crippen molar-refractivity contribution >= 4 is 23.3 Å². The minimum Gasteiger partial charge on any atom is -0.505 e. The average molecular weight is 357 g/mol. The van der Waals surface area contributed by atoms with Gasteiger partial charge in [0.05, 0.1) is 12.8 Å². The molecular weight excluding hydrogens is 334 g/mol. The second-order valence-electron chi connectivity index (χ2n) is 6.27. The first-order chi connectivity index (χ1) is 12.5. The summed E-state index contributed by atoms with van der Waals surface area (Å²) in [6, 6.07) is 6.70. The molecule has 0 bridgehead atoms. The van der Waals surface area contributed by atoms with Crippen LogP contribution in [0.5, 0.6) is 5.75 Å². The van der Waals surface area contributed by atoms with Crippen molar-refractivity contribution in [3.05, 3.63) is 35.7 Å². The van der Waals surface area contributed by atoms with Crippen LogP contribution >= 0.6 is 0 Å². The van der Waals surface area contributed by atoms with Crippen molar-refractivity contribution in [1.82, 2.24) is 14.9 Å². The summed E-state index contributed by atoms with van der Waals surface area (Å²) in [6.07, 6.45) is 0. The number of piperazine rings is 1. The number of phenols is 1. The zero-order valence-electron chi connectivity index (χ0n) is 15.2. The van der Waals surface area contributed by atoms with Crippen molar-refractivity contribution in [3.8, 4) is 5.75 Å². The van der Waals surface area contributed by atoms with E-state index in [1.807, 2.05) is 13.0 Å². The number of para-hydroxylation sites is 1. The highest BCUT2D eigenvalue weighted by Crippen LogP contribution is 2.31. The first-order valence-corrected chi connectivity index (χ1v) is 8.44. The van der Waals surface area contributed by atoms with Crippen LogP contribution in [0.2, 0.25) is 0 Å². The highest BCUT2D eigenvalue weighted by atomic mass is 16.5. The van der Waals surface area contributed by atoms with Crippen LogP contribution in [0, 0.1) is 6.92 Å². The molecule has 0 spiro atoms. The standard InChI is InChI=1S/C18H23N5O3/c1-12-19-15(11-16(20-12)23-9-7-22(2)8-10-23)21-14-6-4-5-13(17(14)24)18(25)26-3/h4-6,11,24H,7-10H2,1-3H3,(H,19,20,21). The van der Waals surface area contributed by atoms with Gasteiger partial charge in [-0.1, -0.05) is 6.07 Å². The number of nitrogens with one attached hydrogen (secondary N) is 1. The van der Waals surface area contributed by atoms with Gasteiger partial charge >= 0.3 is 5.97 Å². The minimum absolute atomic E-state index is 0.0996. The van der Waals surface area contributed by atoms with Crippen molar-refractivity contribution in [2.45, 2.75) is 6.92 Å². The number of carbonyl (C=O) groups excluding carboxylic acids is 1. The van der Waals surface area contributed by atoms with Crippen LogP contribution in [0.3, 0.4) is 0 Å². The Morgan fingerprint density at radius 2 is 1.96 bits per heavy atom. The maximum Gasteiger partial charge on any atom is 0.341 e. The second-order valence-corrected chi connectivity index (χ2v) is 6.27. The van der Waals surface area contributed by atoms with E-state index >= 15 is 0 Å². The van der Waals surface area contributed by atoms with E-state index in [2.05, 4.69) is 36.9 Å². The molecule has 2 N–H and O–H groups in total. The van der Waals surface area contributed by atoms with E-state index < -0.39 is 5.97 Å². The quantitative estimate of drug-likeness (QED) is 0.632. The van der Waals surface area contributed by atoms with Gasteiger partial charge in [0.2, 0.25) is 0 Å². The molecule has 1 aromatic heterocycles. The van der Waals surface area contributed by atoms with E-state index in [0.717, 1.165) is 32.0 Å². The van der Waals surface area contributed by atoms with Crippen molar-refractivity contribution in [1.29, 1.82) is 0 Å². The third-order valence-electron chi connectivity index (χ3n) is 4.36. The van der Waals surface area contributed by atoms with E-state index in [-0.39, 0.29) is 11.3 Å². The number of aromatic nitrogens is 2. The lowest BCUT2D eigenvalue weighted by Gasteiger charge is -2.33. The van der Waals surface area contributed by atoms with Crippen LogP contribution in [0.4, 0.5) is 17.3 Å². The number of phenolic OH excluding ortho intramolecular Hbond substituents is 1. The number of hydrogen-bond acceptors (Lipinski definition) is 8. The van der Waals surface area contributed by atoms with Gasteiger partial charge in [-0.2, -0.15) is 0 Å². The van der Waals surface area contributed by atoms with Crippen LogP contribution < -0.4 is 10.2 Å². The van der Waals surface area contributed by atoms with Gasteiger partial charge in [0.25, 0.3) is 0 Å². The van der Waals surface area contributed by atoms with E-state index in [0.29, 0.717) is 17.3 Å². The van der Waals surface area contributed by atoms with Crippen LogP contribution in [-0.4, -0.2) is 66.3 Å². The van der Waals surface area contributed by atoms with Crippen LogP contribution in [0.15, 0.2) is 24.3 Å². The lowest BCUT2D eigenvalue weighted by molar-refractivity contribution is 0.0597. The van der Waals surface area contributed by atoms with Gasteiger partial charge in [-0.05, 0) is 26.1 Å². The van der Waals surface area contributed by atoms with E-state index in [1.54, 1.807) is 12.1 Å². The number of rotatable bonds is 4. The number of esters is 1. The molecule has 3 rings (SSSR count). The molecule has 8 nitrogen and oxygen atoms in total. The van der Waals surface area contributed by atoms with Gasteiger partial charge in [0, 0.05) is 32.2 Å². The summed E-state index contributed by atoms with van der Waals surface area (Å²) in [5, 5.41) is 13.4. The van der Waals surface area contributed by atoms with E-state index in [9.17, 15) is 9.90 Å². The molecule has 1 fully saturated rings. The molecule has 1 aliphatic heterocycles. The molecule has 2 heterocycles. The van der Waals surface area contributed by atoms with Crippen molar-refractivity contribution < 1.29 is 14.6 Å². The summed E-state index contributed by atoms with van der Waals surface area (Å²) in [6.45, 7) is 5.59. The summed E-state index contributed by atoms with van der Waals surface area (Å²) in [7, 11) is 3.38. The van der Waals surface area contributed by atoms with Gasteiger partial charge in [-0.25, -0.2) is 14.8 Å². The van der Waals surface area contributed by atoms with Gasteiger partial charge in [0.15, 0.2) is 5.75 Å². The molecule has 0 radical (unpaired) electrons. The van der Waals surface area contributed by atoms with Gasteiger partial charge in [0.1, 0.15) is 23.0 Å². The maximum absolute atomic E-state index is 11.7. The molecule has 138 valence electrons. The van der Waals surface area contributed by atoms with Gasteiger partial charge < -0.3 is 25.0 Å². The Morgan fingerprint density at radius 3 is 2.65 bits per heavy atom. The summed E-state index contributed by atoms with van der Waals surface area (Å²) in [5.41, 5.74) is 0.484. The Kier molecular flexibility index (Phi) is 5.22. The average Bonchev–Trinajstić information content (AvgIpc) is 2.63. The lowest BCUT2D eigenvalue weighted by atomic mass is 10.1. The highest BCUT2D eigenvalue weighted by Gasteiger charge is 2.18. The predicted molar refractivity (Wildman–Crippen MR) is 99.2 cm³/mol. The number of methoxy groups -OCH3 is 1. The Hall–Kier alpha value is -2.87. The summed E-state index contributed by atoms with van der Waals surface area (Å²) >= 11 is 0. The Balaban J connectivity index is 1.86. The zero-order valence-corrected chi connectivity index (χ0v) is 15.2. The smallest absolute Gasteiger partial charge is 0.341 e. The summed E-state index contributed by atoms with van der Waals surface area (Å²) in [5.74, 6) is 1.27. The number of anilines is 3. The van der Waals surface area contributed by atoms with Crippen LogP contribution in [0.25, 0.3) is 0 Å². The SMILES string of the molecule is COC(=O)c1cccc(Nc2cc(N3CCN(C)CC3)nc(C)n2)c1O.